The fraction of sp³-hybridized carbons (Fsp3) is 0.882. The third-order valence-electron chi connectivity index (χ3n) is 6.50. The molecule has 4 aliphatic rings. The fourth-order valence-electron chi connectivity index (χ4n) is 5.52. The lowest BCUT2D eigenvalue weighted by Crippen LogP contribution is -2.59. The lowest BCUT2D eigenvalue weighted by molar-refractivity contribution is -0.433. The highest BCUT2D eigenvalue weighted by atomic mass is 32.2. The quantitative estimate of drug-likeness (QED) is 0.197. The first-order valence-corrected chi connectivity index (χ1v) is 10.1. The van der Waals surface area contributed by atoms with Crippen LogP contribution in [0.4, 0.5) is 17.6 Å². The first-order valence-electron chi connectivity index (χ1n) is 9.36. The Kier molecular flexibility index (Phi) is 6.38. The minimum Gasteiger partial charge on any atom is -0.456 e. The maximum atomic E-state index is 14.1. The molecule has 1 unspecified atom stereocenters. The molecule has 0 amide bonds. The molecule has 4 rings (SSSR count). The van der Waals surface area contributed by atoms with Crippen molar-refractivity contribution >= 4 is 24.0 Å². The third kappa shape index (κ3) is 4.08. The lowest BCUT2D eigenvalue weighted by atomic mass is 9.49. The van der Waals surface area contributed by atoms with Gasteiger partial charge in [-0.1, -0.05) is 12.0 Å². The summed E-state index contributed by atoms with van der Waals surface area (Å²) >= 11 is -1.14. The predicted octanol–water partition coefficient (Wildman–Crippen LogP) is 3.98. The standard InChI is InChI=1S/C17H22F4O7S/c1-2-15(11-4-9-3-10(6-11)7-12(15)5-9)26-13(22)8-25-14(23)16(18,17(19,20)21)29-28-27-24/h9-12,24H,2-8H2,1H3. The van der Waals surface area contributed by atoms with Crippen molar-refractivity contribution in [2.75, 3.05) is 6.61 Å². The van der Waals surface area contributed by atoms with E-state index in [4.69, 9.17) is 9.99 Å². The Labute approximate surface area is 168 Å². The van der Waals surface area contributed by atoms with Crippen molar-refractivity contribution in [3.8, 4) is 0 Å². The molecule has 0 aromatic heterocycles. The van der Waals surface area contributed by atoms with Crippen LogP contribution in [0.1, 0.15) is 45.4 Å². The van der Waals surface area contributed by atoms with Gasteiger partial charge in [0.05, 0.1) is 12.0 Å². The zero-order chi connectivity index (χ0) is 21.4. The third-order valence-corrected chi connectivity index (χ3v) is 7.26. The van der Waals surface area contributed by atoms with Crippen molar-refractivity contribution in [2.24, 2.45) is 23.7 Å². The van der Waals surface area contributed by atoms with Crippen LogP contribution in [0.5, 0.6) is 0 Å². The number of alkyl halides is 4. The van der Waals surface area contributed by atoms with Gasteiger partial charge in [-0.3, -0.25) is 0 Å². The highest BCUT2D eigenvalue weighted by molar-refractivity contribution is 7.96. The summed E-state index contributed by atoms with van der Waals surface area (Å²) in [4.78, 5) is 23.9. The van der Waals surface area contributed by atoms with E-state index in [1.165, 1.54) is 6.42 Å². The molecule has 0 saturated heterocycles. The molecule has 0 heterocycles. The first kappa shape index (κ1) is 22.6. The molecule has 7 nitrogen and oxygen atoms in total. The maximum Gasteiger partial charge on any atom is 0.446 e. The van der Waals surface area contributed by atoms with Gasteiger partial charge in [-0.15, -0.1) is 4.33 Å². The minimum absolute atomic E-state index is 0.171. The van der Waals surface area contributed by atoms with Crippen LogP contribution in [0, 0.1) is 23.7 Å². The number of halogens is 4. The summed E-state index contributed by atoms with van der Waals surface area (Å²) < 4.78 is 66.0. The van der Waals surface area contributed by atoms with E-state index in [0.29, 0.717) is 18.3 Å². The van der Waals surface area contributed by atoms with Gasteiger partial charge < -0.3 is 9.47 Å². The minimum atomic E-state index is -5.75. The Balaban J connectivity index is 1.62. The van der Waals surface area contributed by atoms with Gasteiger partial charge in [-0.25, -0.2) is 19.2 Å². The monoisotopic (exact) mass is 446 g/mol. The Morgan fingerprint density at radius 1 is 1.07 bits per heavy atom. The summed E-state index contributed by atoms with van der Waals surface area (Å²) in [7, 11) is 0. The summed E-state index contributed by atoms with van der Waals surface area (Å²) in [5, 5.41) is 6.15. The van der Waals surface area contributed by atoms with Gasteiger partial charge in [0.25, 0.3) is 0 Å². The van der Waals surface area contributed by atoms with Gasteiger partial charge in [0.1, 0.15) is 5.60 Å². The Bertz CT molecular complexity index is 616. The number of ether oxygens (including phenoxy) is 2. The van der Waals surface area contributed by atoms with E-state index >= 15 is 0 Å². The molecule has 0 aromatic rings. The second-order valence-electron chi connectivity index (χ2n) is 7.98. The van der Waals surface area contributed by atoms with Crippen LogP contribution in [-0.4, -0.2) is 40.6 Å². The Morgan fingerprint density at radius 3 is 2.07 bits per heavy atom. The second-order valence-corrected chi connectivity index (χ2v) is 8.85. The molecule has 0 radical (unpaired) electrons. The van der Waals surface area contributed by atoms with Gasteiger partial charge in [-0.05, 0) is 62.2 Å². The van der Waals surface area contributed by atoms with Crippen LogP contribution >= 0.6 is 12.0 Å². The highest BCUT2D eigenvalue weighted by Gasteiger charge is 2.66. The van der Waals surface area contributed by atoms with Crippen LogP contribution in [0.15, 0.2) is 0 Å². The summed E-state index contributed by atoms with van der Waals surface area (Å²) in [6.45, 7) is 0.718. The van der Waals surface area contributed by atoms with Gasteiger partial charge in [-0.2, -0.15) is 13.2 Å². The van der Waals surface area contributed by atoms with E-state index < -0.39 is 47.4 Å². The molecule has 4 aliphatic carbocycles. The average Bonchev–Trinajstić information content (AvgIpc) is 2.65. The molecule has 4 bridgehead atoms. The Morgan fingerprint density at radius 2 is 1.62 bits per heavy atom. The molecular weight excluding hydrogens is 424 g/mol. The molecule has 4 fully saturated rings. The molecule has 1 N–H and O–H groups in total. The van der Waals surface area contributed by atoms with E-state index in [1.807, 2.05) is 6.92 Å². The van der Waals surface area contributed by atoms with E-state index in [2.05, 4.69) is 14.1 Å². The fourth-order valence-corrected chi connectivity index (χ4v) is 5.86. The molecule has 4 saturated carbocycles. The molecule has 166 valence electrons. The van der Waals surface area contributed by atoms with Gasteiger partial charge in [0.2, 0.25) is 0 Å². The molecule has 29 heavy (non-hydrogen) atoms. The summed E-state index contributed by atoms with van der Waals surface area (Å²) in [5.74, 6) is -1.88. The SMILES string of the molecule is CCC1(OC(=O)COC(=O)C(F)(SOOO)C(F)(F)F)C2CC3CC(C2)CC1C3. The van der Waals surface area contributed by atoms with Gasteiger partial charge in [0, 0.05) is 0 Å². The smallest absolute Gasteiger partial charge is 0.446 e. The van der Waals surface area contributed by atoms with Crippen molar-refractivity contribution in [3.63, 3.8) is 0 Å². The van der Waals surface area contributed by atoms with Gasteiger partial charge in [0.15, 0.2) is 6.61 Å². The summed E-state index contributed by atoms with van der Waals surface area (Å²) in [5.41, 5.74) is -0.726. The van der Waals surface area contributed by atoms with E-state index in [1.54, 1.807) is 0 Å². The van der Waals surface area contributed by atoms with Crippen molar-refractivity contribution < 1.29 is 51.3 Å². The molecule has 0 aliphatic heterocycles. The molecule has 0 aromatic carbocycles. The average molecular weight is 446 g/mol. The lowest BCUT2D eigenvalue weighted by Gasteiger charge is -2.60. The largest absolute Gasteiger partial charge is 0.456 e. The number of esters is 2. The number of rotatable bonds is 8. The predicted molar refractivity (Wildman–Crippen MR) is 89.4 cm³/mol. The van der Waals surface area contributed by atoms with Crippen molar-refractivity contribution in [1.29, 1.82) is 0 Å². The number of carbonyl (C=O) groups excluding carboxylic acids is 2. The zero-order valence-corrected chi connectivity index (χ0v) is 16.4. The van der Waals surface area contributed by atoms with Crippen LogP contribution in [-0.2, 0) is 28.4 Å². The first-order chi connectivity index (χ1) is 13.6. The number of hydrogen-bond donors (Lipinski definition) is 1. The normalized spacial score (nSPS) is 35.2. The van der Waals surface area contributed by atoms with Crippen molar-refractivity contribution in [3.05, 3.63) is 0 Å². The zero-order valence-electron chi connectivity index (χ0n) is 15.6. The summed E-state index contributed by atoms with van der Waals surface area (Å²) in [6, 6.07) is 0. The molecular formula is C17H22F4O7S. The molecule has 1 atom stereocenters. The van der Waals surface area contributed by atoms with E-state index in [9.17, 15) is 27.2 Å². The van der Waals surface area contributed by atoms with Gasteiger partial charge >= 0.3 is 23.1 Å². The van der Waals surface area contributed by atoms with E-state index in [0.717, 1.165) is 25.7 Å². The number of hydrogen-bond acceptors (Lipinski definition) is 8. The summed E-state index contributed by atoms with van der Waals surface area (Å²) in [6.07, 6.45) is -0.269. The topological polar surface area (TPSA) is 91.3 Å². The van der Waals surface area contributed by atoms with Crippen molar-refractivity contribution in [2.45, 2.75) is 62.2 Å². The van der Waals surface area contributed by atoms with E-state index in [-0.39, 0.29) is 11.8 Å². The number of carbonyl (C=O) groups is 2. The van der Waals surface area contributed by atoms with Crippen LogP contribution in [0.25, 0.3) is 0 Å². The highest BCUT2D eigenvalue weighted by Crippen LogP contribution is 2.60. The van der Waals surface area contributed by atoms with Crippen LogP contribution in [0.2, 0.25) is 0 Å². The molecule has 0 spiro atoms. The maximum absolute atomic E-state index is 14.1. The van der Waals surface area contributed by atoms with Crippen molar-refractivity contribution in [1.82, 2.24) is 0 Å². The second kappa shape index (κ2) is 8.20. The van der Waals surface area contributed by atoms with Crippen LogP contribution < -0.4 is 0 Å². The molecule has 12 heteroatoms. The van der Waals surface area contributed by atoms with Crippen LogP contribution in [0.3, 0.4) is 0 Å². The Hall–Kier alpha value is -1.11.